The molecule has 2 aliphatic heterocycles. The van der Waals surface area contributed by atoms with E-state index in [1.165, 1.54) is 31.4 Å². The summed E-state index contributed by atoms with van der Waals surface area (Å²) in [5.74, 6) is 0. The third-order valence-corrected chi connectivity index (χ3v) is 4.60. The lowest BCUT2D eigenvalue weighted by Gasteiger charge is -2.36. The number of aromatic nitrogens is 2. The lowest BCUT2D eigenvalue weighted by molar-refractivity contribution is 0.169. The van der Waals surface area contributed by atoms with Gasteiger partial charge in [-0.3, -0.25) is 4.68 Å². The average molecular weight is 248 g/mol. The fourth-order valence-electron chi connectivity index (χ4n) is 3.46. The van der Waals surface area contributed by atoms with Gasteiger partial charge in [0.05, 0.1) is 11.9 Å². The molecule has 0 saturated carbocycles. The Morgan fingerprint density at radius 2 is 1.94 bits per heavy atom. The molecule has 18 heavy (non-hydrogen) atoms. The van der Waals surface area contributed by atoms with Crippen molar-refractivity contribution in [3.63, 3.8) is 0 Å². The highest BCUT2D eigenvalue weighted by Gasteiger charge is 2.38. The number of piperidine rings is 1. The van der Waals surface area contributed by atoms with E-state index >= 15 is 0 Å². The van der Waals surface area contributed by atoms with Gasteiger partial charge in [0.15, 0.2) is 0 Å². The fraction of sp³-hybridized carbons (Fsp3) is 0.786. The van der Waals surface area contributed by atoms with Crippen LogP contribution in [0, 0.1) is 0 Å². The van der Waals surface area contributed by atoms with Gasteiger partial charge in [-0.25, -0.2) is 0 Å². The van der Waals surface area contributed by atoms with Crippen molar-refractivity contribution in [1.82, 2.24) is 14.7 Å². The van der Waals surface area contributed by atoms with Crippen molar-refractivity contribution < 1.29 is 0 Å². The molecule has 100 valence electrons. The molecule has 2 atom stereocenters. The zero-order chi connectivity index (χ0) is 12.7. The van der Waals surface area contributed by atoms with Crippen LogP contribution >= 0.6 is 0 Å². The van der Waals surface area contributed by atoms with Gasteiger partial charge in [0.25, 0.3) is 0 Å². The molecule has 0 amide bonds. The number of anilines is 1. The van der Waals surface area contributed by atoms with E-state index in [0.717, 1.165) is 12.1 Å². The topological polar surface area (TPSA) is 33.1 Å². The molecule has 2 saturated heterocycles. The number of nitrogens with zero attached hydrogens (tertiary/aromatic N) is 3. The van der Waals surface area contributed by atoms with E-state index in [4.69, 9.17) is 0 Å². The number of nitrogens with one attached hydrogen (secondary N) is 1. The summed E-state index contributed by atoms with van der Waals surface area (Å²) in [7, 11) is 2.29. The molecule has 0 aliphatic carbocycles. The van der Waals surface area contributed by atoms with Gasteiger partial charge in [-0.1, -0.05) is 0 Å². The Balaban J connectivity index is 1.63. The van der Waals surface area contributed by atoms with Crippen LogP contribution in [0.4, 0.5) is 5.69 Å². The summed E-state index contributed by atoms with van der Waals surface area (Å²) in [5.41, 5.74) is 1.18. The zero-order valence-electron chi connectivity index (χ0n) is 11.6. The summed E-state index contributed by atoms with van der Waals surface area (Å²) < 4.78 is 2.02. The third kappa shape index (κ3) is 2.14. The lowest BCUT2D eigenvalue weighted by Crippen LogP contribution is -2.44. The summed E-state index contributed by atoms with van der Waals surface area (Å²) in [4.78, 5) is 2.58. The highest BCUT2D eigenvalue weighted by Crippen LogP contribution is 2.35. The van der Waals surface area contributed by atoms with E-state index in [-0.39, 0.29) is 0 Å². The minimum Gasteiger partial charge on any atom is -0.380 e. The molecule has 2 aliphatic rings. The molecule has 3 rings (SSSR count). The van der Waals surface area contributed by atoms with Crippen LogP contribution in [0.15, 0.2) is 12.4 Å². The van der Waals surface area contributed by atoms with Gasteiger partial charge < -0.3 is 10.2 Å². The minimum atomic E-state index is 0.439. The maximum absolute atomic E-state index is 4.39. The first-order valence-corrected chi connectivity index (χ1v) is 7.16. The van der Waals surface area contributed by atoms with Crippen molar-refractivity contribution in [3.8, 4) is 0 Å². The molecule has 4 nitrogen and oxygen atoms in total. The quantitative estimate of drug-likeness (QED) is 0.892. The number of hydrogen-bond acceptors (Lipinski definition) is 3. The van der Waals surface area contributed by atoms with E-state index in [9.17, 15) is 0 Å². The van der Waals surface area contributed by atoms with Crippen molar-refractivity contribution >= 4 is 5.69 Å². The number of hydrogen-bond donors (Lipinski definition) is 1. The average Bonchev–Trinajstić information content (AvgIpc) is 2.83. The number of rotatable bonds is 3. The van der Waals surface area contributed by atoms with Gasteiger partial charge in [-0.2, -0.15) is 5.10 Å². The summed E-state index contributed by atoms with van der Waals surface area (Å²) in [6.45, 7) is 4.32. The molecule has 3 heterocycles. The molecule has 0 aromatic carbocycles. The Labute approximate surface area is 109 Å². The second kappa shape index (κ2) is 4.57. The van der Waals surface area contributed by atoms with Gasteiger partial charge >= 0.3 is 0 Å². The smallest absolute Gasteiger partial charge is 0.0728 e. The third-order valence-electron chi connectivity index (χ3n) is 4.60. The Kier molecular flexibility index (Phi) is 3.06. The molecule has 4 heteroatoms. The van der Waals surface area contributed by atoms with Gasteiger partial charge in [0.1, 0.15) is 0 Å². The number of fused-ring (bicyclic) bond motifs is 2. The van der Waals surface area contributed by atoms with Crippen molar-refractivity contribution in [2.45, 2.75) is 63.7 Å². The Morgan fingerprint density at radius 3 is 2.50 bits per heavy atom. The molecule has 2 fully saturated rings. The van der Waals surface area contributed by atoms with E-state index in [1.807, 2.05) is 10.9 Å². The van der Waals surface area contributed by atoms with E-state index in [2.05, 4.69) is 42.4 Å². The maximum Gasteiger partial charge on any atom is 0.0728 e. The monoisotopic (exact) mass is 248 g/mol. The van der Waals surface area contributed by atoms with Crippen molar-refractivity contribution in [3.05, 3.63) is 12.4 Å². The highest BCUT2D eigenvalue weighted by molar-refractivity contribution is 5.39. The fourth-order valence-corrected chi connectivity index (χ4v) is 3.46. The van der Waals surface area contributed by atoms with Crippen LogP contribution in [0.25, 0.3) is 0 Å². The Bertz CT molecular complexity index is 398. The summed E-state index contributed by atoms with van der Waals surface area (Å²) in [5, 5.41) is 8.06. The van der Waals surface area contributed by atoms with Crippen molar-refractivity contribution in [2.75, 3.05) is 12.4 Å². The SMILES string of the molecule is CC(C)n1cc(NC2CC3CCC(C2)N3C)cn1. The summed E-state index contributed by atoms with van der Waals surface area (Å²) >= 11 is 0. The van der Waals surface area contributed by atoms with Crippen LogP contribution in [0.5, 0.6) is 0 Å². The van der Waals surface area contributed by atoms with Crippen LogP contribution in [0.1, 0.15) is 45.6 Å². The molecule has 2 unspecified atom stereocenters. The van der Waals surface area contributed by atoms with E-state index in [1.54, 1.807) is 0 Å². The van der Waals surface area contributed by atoms with Crippen LogP contribution < -0.4 is 5.32 Å². The van der Waals surface area contributed by atoms with Crippen LogP contribution in [-0.4, -0.2) is 39.9 Å². The predicted octanol–water partition coefficient (Wildman–Crippen LogP) is 2.50. The van der Waals surface area contributed by atoms with Gasteiger partial charge in [-0.05, 0) is 46.6 Å². The molecule has 0 radical (unpaired) electrons. The summed E-state index contributed by atoms with van der Waals surface area (Å²) in [6.07, 6.45) is 9.40. The largest absolute Gasteiger partial charge is 0.380 e. The van der Waals surface area contributed by atoms with Crippen molar-refractivity contribution in [2.24, 2.45) is 0 Å². The van der Waals surface area contributed by atoms with Crippen LogP contribution in [0.2, 0.25) is 0 Å². The Morgan fingerprint density at radius 1 is 1.28 bits per heavy atom. The second-order valence-electron chi connectivity index (χ2n) is 6.17. The maximum atomic E-state index is 4.39. The minimum absolute atomic E-state index is 0.439. The van der Waals surface area contributed by atoms with E-state index in [0.29, 0.717) is 12.1 Å². The van der Waals surface area contributed by atoms with Crippen LogP contribution in [0.3, 0.4) is 0 Å². The molecule has 0 spiro atoms. The molecule has 1 aromatic heterocycles. The van der Waals surface area contributed by atoms with Gasteiger partial charge in [0, 0.05) is 30.4 Å². The molecule has 1 aromatic rings. The summed E-state index contributed by atoms with van der Waals surface area (Å²) in [6, 6.07) is 2.65. The first-order valence-electron chi connectivity index (χ1n) is 7.16. The van der Waals surface area contributed by atoms with Crippen LogP contribution in [-0.2, 0) is 0 Å². The zero-order valence-corrected chi connectivity index (χ0v) is 11.6. The lowest BCUT2D eigenvalue weighted by atomic mass is 9.98. The van der Waals surface area contributed by atoms with Gasteiger partial charge in [0.2, 0.25) is 0 Å². The normalized spacial score (nSPS) is 32.1. The molecule has 1 N–H and O–H groups in total. The van der Waals surface area contributed by atoms with E-state index < -0.39 is 0 Å². The first-order chi connectivity index (χ1) is 8.63. The highest BCUT2D eigenvalue weighted by atomic mass is 15.3. The predicted molar refractivity (Wildman–Crippen MR) is 73.8 cm³/mol. The molecule has 2 bridgehead atoms. The Hall–Kier alpha value is -1.03. The second-order valence-corrected chi connectivity index (χ2v) is 6.17. The molecular formula is C14H24N4. The molecular weight excluding hydrogens is 224 g/mol. The van der Waals surface area contributed by atoms with Crippen molar-refractivity contribution in [1.29, 1.82) is 0 Å². The first kappa shape index (κ1) is 12.0. The van der Waals surface area contributed by atoms with Gasteiger partial charge in [-0.15, -0.1) is 0 Å². The standard InChI is InChI=1S/C14H24N4/c1-10(2)18-9-12(8-15-18)16-11-6-13-4-5-14(7-11)17(13)3/h8-11,13-14,16H,4-7H2,1-3H3.